The number of carbonyl (C=O) groups is 3. The lowest BCUT2D eigenvalue weighted by molar-refractivity contribution is -0.215. The van der Waals surface area contributed by atoms with Crippen LogP contribution in [0, 0.1) is 0 Å². The smallest absolute Gasteiger partial charge is 0.329 e. The Morgan fingerprint density at radius 2 is 2.15 bits per heavy atom. The maximum atomic E-state index is 11.1. The zero-order valence-electron chi connectivity index (χ0n) is 7.36. The minimum Gasteiger partial charge on any atom is -0.343 e. The van der Waals surface area contributed by atoms with Crippen LogP contribution in [-0.2, 0) is 19.2 Å². The van der Waals surface area contributed by atoms with Crippen LogP contribution in [0.25, 0.3) is 0 Å². The summed E-state index contributed by atoms with van der Waals surface area (Å²) in [6, 6.07) is -0.545. The number of rotatable bonds is 2. The zero-order valence-corrected chi connectivity index (χ0v) is 7.36. The third-order valence-corrected chi connectivity index (χ3v) is 1.51. The van der Waals surface area contributed by atoms with Gasteiger partial charge in [-0.1, -0.05) is 0 Å². The van der Waals surface area contributed by atoms with E-state index in [2.05, 4.69) is 10.2 Å². The van der Waals surface area contributed by atoms with Crippen LogP contribution in [0.3, 0.4) is 0 Å². The highest BCUT2D eigenvalue weighted by Crippen LogP contribution is 2.10. The fourth-order valence-corrected chi connectivity index (χ4v) is 0.985. The molecular weight excluding hydrogens is 176 g/mol. The Bertz CT molecular complexity index is 239. The molecule has 0 spiro atoms. The molecule has 1 rings (SSSR count). The fourth-order valence-electron chi connectivity index (χ4n) is 0.985. The molecule has 0 aromatic heterocycles. The largest absolute Gasteiger partial charge is 0.343 e. The standard InChI is InChI=1S/C7H10N2O4/c1-4(10)8-6-3-9(7(6)12)13-5(2)11/h6H,3H2,1-2H3,(H,8,10). The molecule has 1 aliphatic rings. The van der Waals surface area contributed by atoms with E-state index in [0.717, 1.165) is 5.06 Å². The van der Waals surface area contributed by atoms with Crippen molar-refractivity contribution in [1.82, 2.24) is 10.4 Å². The first-order valence-electron chi connectivity index (χ1n) is 3.77. The average Bonchev–Trinajstić information content (AvgIpc) is 2.01. The summed E-state index contributed by atoms with van der Waals surface area (Å²) in [4.78, 5) is 36.5. The molecule has 1 aliphatic heterocycles. The number of nitrogens with one attached hydrogen (secondary N) is 1. The summed E-state index contributed by atoms with van der Waals surface area (Å²) in [5.74, 6) is -1.22. The van der Waals surface area contributed by atoms with E-state index in [0.29, 0.717) is 0 Å². The Kier molecular flexibility index (Phi) is 2.50. The number of amides is 2. The van der Waals surface area contributed by atoms with E-state index in [1.165, 1.54) is 13.8 Å². The molecule has 1 heterocycles. The number of β-lactam (4-membered cyclic amide) rings is 1. The second-order valence-electron chi connectivity index (χ2n) is 2.74. The van der Waals surface area contributed by atoms with Gasteiger partial charge in [0, 0.05) is 13.8 Å². The highest BCUT2D eigenvalue weighted by atomic mass is 16.7. The third kappa shape index (κ3) is 2.17. The summed E-state index contributed by atoms with van der Waals surface area (Å²) >= 11 is 0. The van der Waals surface area contributed by atoms with Crippen LogP contribution in [0.4, 0.5) is 0 Å². The Balaban J connectivity index is 2.35. The highest BCUT2D eigenvalue weighted by Gasteiger charge is 2.39. The normalized spacial score (nSPS) is 20.6. The third-order valence-electron chi connectivity index (χ3n) is 1.51. The average molecular weight is 186 g/mol. The zero-order chi connectivity index (χ0) is 10.0. The van der Waals surface area contributed by atoms with E-state index in [1.807, 2.05) is 0 Å². The minimum absolute atomic E-state index is 0.220. The number of hydroxylamine groups is 2. The van der Waals surface area contributed by atoms with Crippen molar-refractivity contribution in [3.63, 3.8) is 0 Å². The van der Waals surface area contributed by atoms with Crippen molar-refractivity contribution in [2.75, 3.05) is 6.54 Å². The van der Waals surface area contributed by atoms with Crippen molar-refractivity contribution in [2.45, 2.75) is 19.9 Å². The monoisotopic (exact) mass is 186 g/mol. The Morgan fingerprint density at radius 1 is 1.54 bits per heavy atom. The summed E-state index contributed by atoms with van der Waals surface area (Å²) in [6.07, 6.45) is 0. The topological polar surface area (TPSA) is 75.7 Å². The fraction of sp³-hybridized carbons (Fsp3) is 0.571. The van der Waals surface area contributed by atoms with Gasteiger partial charge in [0.15, 0.2) is 0 Å². The minimum atomic E-state index is -0.547. The molecule has 6 heteroatoms. The van der Waals surface area contributed by atoms with Crippen LogP contribution in [0.2, 0.25) is 0 Å². The van der Waals surface area contributed by atoms with Crippen LogP contribution in [0.1, 0.15) is 13.8 Å². The Labute approximate surface area is 74.8 Å². The van der Waals surface area contributed by atoms with E-state index >= 15 is 0 Å². The van der Waals surface area contributed by atoms with Crippen molar-refractivity contribution in [1.29, 1.82) is 0 Å². The number of hydrogen-bond acceptors (Lipinski definition) is 4. The SMILES string of the molecule is CC(=O)NC1CN(OC(C)=O)C1=O. The second kappa shape index (κ2) is 3.42. The number of hydrogen-bond donors (Lipinski definition) is 1. The second-order valence-corrected chi connectivity index (χ2v) is 2.74. The lowest BCUT2D eigenvalue weighted by atomic mass is 10.1. The molecule has 13 heavy (non-hydrogen) atoms. The molecule has 0 bridgehead atoms. The molecule has 1 unspecified atom stereocenters. The molecular formula is C7H10N2O4. The molecule has 6 nitrogen and oxygen atoms in total. The quantitative estimate of drug-likeness (QED) is 0.550. The molecule has 0 radical (unpaired) electrons. The van der Waals surface area contributed by atoms with Gasteiger partial charge in [0.2, 0.25) is 5.91 Å². The van der Waals surface area contributed by atoms with Crippen LogP contribution in [0.15, 0.2) is 0 Å². The predicted molar refractivity (Wildman–Crippen MR) is 41.1 cm³/mol. The van der Waals surface area contributed by atoms with Crippen molar-refractivity contribution in [3.05, 3.63) is 0 Å². The first-order chi connectivity index (χ1) is 6.00. The summed E-state index contributed by atoms with van der Waals surface area (Å²) < 4.78 is 0. The summed E-state index contributed by atoms with van der Waals surface area (Å²) in [7, 11) is 0. The molecule has 2 amide bonds. The first kappa shape index (κ1) is 9.50. The molecule has 0 aromatic rings. The van der Waals surface area contributed by atoms with E-state index in [9.17, 15) is 14.4 Å². The van der Waals surface area contributed by atoms with Crippen LogP contribution < -0.4 is 5.32 Å². The van der Waals surface area contributed by atoms with Gasteiger partial charge < -0.3 is 10.2 Å². The van der Waals surface area contributed by atoms with E-state index < -0.39 is 17.9 Å². The van der Waals surface area contributed by atoms with Crippen LogP contribution in [0.5, 0.6) is 0 Å². The molecule has 0 aliphatic carbocycles. The van der Waals surface area contributed by atoms with Crippen molar-refractivity contribution < 1.29 is 19.2 Å². The Morgan fingerprint density at radius 3 is 2.54 bits per heavy atom. The van der Waals surface area contributed by atoms with Crippen molar-refractivity contribution in [2.24, 2.45) is 0 Å². The summed E-state index contributed by atoms with van der Waals surface area (Å²) in [6.45, 7) is 2.75. The van der Waals surface area contributed by atoms with Gasteiger partial charge in [-0.05, 0) is 0 Å². The van der Waals surface area contributed by atoms with Gasteiger partial charge >= 0.3 is 5.97 Å². The molecule has 0 aromatic carbocycles. The van der Waals surface area contributed by atoms with Gasteiger partial charge in [-0.15, -0.1) is 0 Å². The van der Waals surface area contributed by atoms with Gasteiger partial charge in [-0.2, -0.15) is 5.06 Å². The van der Waals surface area contributed by atoms with Gasteiger partial charge in [0.05, 0.1) is 6.54 Å². The van der Waals surface area contributed by atoms with Crippen LogP contribution in [-0.4, -0.2) is 35.4 Å². The lowest BCUT2D eigenvalue weighted by Crippen LogP contribution is -2.63. The highest BCUT2D eigenvalue weighted by molar-refractivity contribution is 5.91. The maximum absolute atomic E-state index is 11.1. The number of nitrogens with zero attached hydrogens (tertiary/aromatic N) is 1. The maximum Gasteiger partial charge on any atom is 0.329 e. The van der Waals surface area contributed by atoms with Gasteiger partial charge in [0.1, 0.15) is 6.04 Å². The lowest BCUT2D eigenvalue weighted by Gasteiger charge is -2.35. The first-order valence-corrected chi connectivity index (χ1v) is 3.77. The van der Waals surface area contributed by atoms with Crippen LogP contribution >= 0.6 is 0 Å². The molecule has 1 saturated heterocycles. The Hall–Kier alpha value is -1.59. The molecule has 0 saturated carbocycles. The van der Waals surface area contributed by atoms with E-state index in [1.54, 1.807) is 0 Å². The van der Waals surface area contributed by atoms with Gasteiger partial charge in [-0.25, -0.2) is 0 Å². The van der Waals surface area contributed by atoms with E-state index in [4.69, 9.17) is 0 Å². The molecule has 1 atom stereocenters. The molecule has 1 fully saturated rings. The van der Waals surface area contributed by atoms with Crippen molar-refractivity contribution >= 4 is 17.8 Å². The predicted octanol–water partition coefficient (Wildman–Crippen LogP) is -1.19. The van der Waals surface area contributed by atoms with Crippen molar-refractivity contribution in [3.8, 4) is 0 Å². The summed E-state index contributed by atoms with van der Waals surface area (Å²) in [5.41, 5.74) is 0. The molecule has 1 N–H and O–H groups in total. The summed E-state index contributed by atoms with van der Waals surface area (Å²) in [5, 5.41) is 3.33. The van der Waals surface area contributed by atoms with Gasteiger partial charge in [0.25, 0.3) is 5.91 Å². The van der Waals surface area contributed by atoms with E-state index in [-0.39, 0.29) is 12.5 Å². The number of carbonyl (C=O) groups excluding carboxylic acids is 3. The molecule has 72 valence electrons. The van der Waals surface area contributed by atoms with Gasteiger partial charge in [-0.3, -0.25) is 14.4 Å².